The SMILES string of the molecule is CCOc1ccc(Cl)c(/C(O)=C2\C(=O)C(=O)N(c3ccc(C)cc3)C2c2ccccn2)c1. The molecule has 32 heavy (non-hydrogen) atoms. The lowest BCUT2D eigenvalue weighted by Crippen LogP contribution is -2.29. The Kier molecular flexibility index (Phi) is 5.97. The van der Waals surface area contributed by atoms with Crippen LogP contribution >= 0.6 is 11.6 Å². The second-order valence-corrected chi connectivity index (χ2v) is 7.74. The van der Waals surface area contributed by atoms with E-state index in [1.54, 1.807) is 54.7 Å². The van der Waals surface area contributed by atoms with Gasteiger partial charge >= 0.3 is 0 Å². The number of hydrogen-bond donors (Lipinski definition) is 1. The van der Waals surface area contributed by atoms with Crippen molar-refractivity contribution >= 4 is 34.7 Å². The van der Waals surface area contributed by atoms with Crippen molar-refractivity contribution in [3.8, 4) is 5.75 Å². The third kappa shape index (κ3) is 3.85. The zero-order valence-electron chi connectivity index (χ0n) is 17.6. The minimum absolute atomic E-state index is 0.0789. The number of rotatable bonds is 5. The van der Waals surface area contributed by atoms with Crippen molar-refractivity contribution in [3.63, 3.8) is 0 Å². The normalized spacial score (nSPS) is 17.6. The first-order valence-corrected chi connectivity index (χ1v) is 10.5. The molecule has 1 atom stereocenters. The van der Waals surface area contributed by atoms with Gasteiger partial charge in [0.2, 0.25) is 0 Å². The largest absolute Gasteiger partial charge is 0.507 e. The summed E-state index contributed by atoms with van der Waals surface area (Å²) in [6.45, 7) is 4.19. The van der Waals surface area contributed by atoms with Gasteiger partial charge in [0.25, 0.3) is 11.7 Å². The number of ether oxygens (including phenoxy) is 1. The lowest BCUT2D eigenvalue weighted by Gasteiger charge is -2.24. The van der Waals surface area contributed by atoms with Gasteiger partial charge in [-0.25, -0.2) is 0 Å². The van der Waals surface area contributed by atoms with E-state index in [1.807, 2.05) is 26.0 Å². The summed E-state index contributed by atoms with van der Waals surface area (Å²) in [4.78, 5) is 32.0. The Hall–Kier alpha value is -3.64. The van der Waals surface area contributed by atoms with Crippen LogP contribution in [0.5, 0.6) is 5.75 Å². The predicted molar refractivity (Wildman–Crippen MR) is 123 cm³/mol. The summed E-state index contributed by atoms with van der Waals surface area (Å²) in [6, 6.07) is 16.3. The average molecular weight is 449 g/mol. The first-order chi connectivity index (χ1) is 15.4. The smallest absolute Gasteiger partial charge is 0.300 e. The molecule has 1 saturated heterocycles. The zero-order valence-corrected chi connectivity index (χ0v) is 18.3. The Morgan fingerprint density at radius 2 is 1.88 bits per heavy atom. The molecule has 2 aromatic carbocycles. The summed E-state index contributed by atoms with van der Waals surface area (Å²) in [5, 5.41) is 11.5. The van der Waals surface area contributed by atoms with Crippen molar-refractivity contribution in [2.24, 2.45) is 0 Å². The van der Waals surface area contributed by atoms with Crippen LogP contribution in [0, 0.1) is 6.92 Å². The van der Waals surface area contributed by atoms with Crippen molar-refractivity contribution in [1.82, 2.24) is 4.98 Å². The number of aromatic nitrogens is 1. The minimum atomic E-state index is -0.911. The molecule has 1 N–H and O–H groups in total. The average Bonchev–Trinajstić information content (AvgIpc) is 3.06. The molecule has 7 heteroatoms. The van der Waals surface area contributed by atoms with Crippen molar-refractivity contribution in [2.45, 2.75) is 19.9 Å². The Bertz CT molecular complexity index is 1210. The zero-order chi connectivity index (χ0) is 22.8. The number of carbonyl (C=O) groups is 2. The highest BCUT2D eigenvalue weighted by Crippen LogP contribution is 2.42. The molecule has 1 aromatic heterocycles. The molecule has 4 rings (SSSR count). The van der Waals surface area contributed by atoms with E-state index in [0.29, 0.717) is 23.7 Å². The van der Waals surface area contributed by atoms with Crippen LogP contribution in [0.3, 0.4) is 0 Å². The molecule has 1 amide bonds. The molecule has 0 aliphatic carbocycles. The van der Waals surface area contributed by atoms with Gasteiger partial charge < -0.3 is 9.84 Å². The molecule has 2 heterocycles. The minimum Gasteiger partial charge on any atom is -0.507 e. The summed E-state index contributed by atoms with van der Waals surface area (Å²) in [6.07, 6.45) is 1.58. The number of aliphatic hydroxyl groups excluding tert-OH is 1. The van der Waals surface area contributed by atoms with Crippen LogP contribution in [0.2, 0.25) is 5.02 Å². The van der Waals surface area contributed by atoms with Gasteiger partial charge in [0.15, 0.2) is 0 Å². The molecule has 3 aromatic rings. The van der Waals surface area contributed by atoms with E-state index in [4.69, 9.17) is 16.3 Å². The van der Waals surface area contributed by atoms with Gasteiger partial charge in [0.05, 0.1) is 22.9 Å². The topological polar surface area (TPSA) is 79.7 Å². The number of ketones is 1. The first-order valence-electron chi connectivity index (χ1n) is 10.1. The molecule has 6 nitrogen and oxygen atoms in total. The first kappa shape index (κ1) is 21.6. The summed E-state index contributed by atoms with van der Waals surface area (Å²) in [5.74, 6) is -1.44. The van der Waals surface area contributed by atoms with Crippen LogP contribution in [-0.2, 0) is 9.59 Å². The number of hydrogen-bond acceptors (Lipinski definition) is 5. The van der Waals surface area contributed by atoms with Gasteiger partial charge in [0, 0.05) is 17.4 Å². The molecular weight excluding hydrogens is 428 g/mol. The maximum Gasteiger partial charge on any atom is 0.300 e. The molecule has 0 radical (unpaired) electrons. The quantitative estimate of drug-likeness (QED) is 0.335. The van der Waals surface area contributed by atoms with Crippen LogP contribution in [0.15, 0.2) is 72.4 Å². The molecule has 0 saturated carbocycles. The maximum absolute atomic E-state index is 13.2. The van der Waals surface area contributed by atoms with E-state index in [-0.39, 0.29) is 21.9 Å². The Labute approximate surface area is 190 Å². The van der Waals surface area contributed by atoms with Crippen molar-refractivity contribution < 1.29 is 19.4 Å². The number of carbonyl (C=O) groups excluding carboxylic acids is 2. The molecule has 1 aliphatic rings. The molecular formula is C25H21ClN2O4. The van der Waals surface area contributed by atoms with Crippen molar-refractivity contribution in [2.75, 3.05) is 11.5 Å². The molecule has 162 valence electrons. The molecule has 1 unspecified atom stereocenters. The fraction of sp³-hybridized carbons (Fsp3) is 0.160. The van der Waals surface area contributed by atoms with Gasteiger partial charge in [0.1, 0.15) is 17.6 Å². The number of pyridine rings is 1. The van der Waals surface area contributed by atoms with Crippen molar-refractivity contribution in [1.29, 1.82) is 0 Å². The van der Waals surface area contributed by atoms with E-state index in [0.717, 1.165) is 5.56 Å². The van der Waals surface area contributed by atoms with Crippen LogP contribution in [-0.4, -0.2) is 28.4 Å². The van der Waals surface area contributed by atoms with Crippen LogP contribution in [0.25, 0.3) is 5.76 Å². The number of nitrogens with zero attached hydrogens (tertiary/aromatic N) is 2. The number of benzene rings is 2. The highest BCUT2D eigenvalue weighted by atomic mass is 35.5. The number of aryl methyl sites for hydroxylation is 1. The van der Waals surface area contributed by atoms with Gasteiger partial charge in [-0.15, -0.1) is 0 Å². The lowest BCUT2D eigenvalue weighted by atomic mass is 9.98. The van der Waals surface area contributed by atoms with E-state index in [1.165, 1.54) is 4.90 Å². The molecule has 1 aliphatic heterocycles. The number of Topliss-reactive ketones (excluding diaryl/α,β-unsaturated/α-hetero) is 1. The summed E-state index contributed by atoms with van der Waals surface area (Å²) in [7, 11) is 0. The van der Waals surface area contributed by atoms with Crippen LogP contribution in [0.4, 0.5) is 5.69 Å². The number of halogens is 1. The van der Waals surface area contributed by atoms with Crippen LogP contribution in [0.1, 0.15) is 29.8 Å². The molecule has 0 bridgehead atoms. The van der Waals surface area contributed by atoms with Gasteiger partial charge in [-0.3, -0.25) is 19.5 Å². The van der Waals surface area contributed by atoms with E-state index < -0.39 is 17.7 Å². The Morgan fingerprint density at radius 3 is 2.53 bits per heavy atom. The van der Waals surface area contributed by atoms with E-state index >= 15 is 0 Å². The lowest BCUT2D eigenvalue weighted by molar-refractivity contribution is -0.132. The van der Waals surface area contributed by atoms with Crippen LogP contribution < -0.4 is 9.64 Å². The van der Waals surface area contributed by atoms with E-state index in [2.05, 4.69) is 4.98 Å². The van der Waals surface area contributed by atoms with Crippen molar-refractivity contribution in [3.05, 3.63) is 94.3 Å². The summed E-state index contributed by atoms with van der Waals surface area (Å²) >= 11 is 6.34. The number of aliphatic hydroxyl groups is 1. The predicted octanol–water partition coefficient (Wildman–Crippen LogP) is 5.07. The second kappa shape index (κ2) is 8.85. The third-order valence-electron chi connectivity index (χ3n) is 5.23. The Morgan fingerprint density at radius 1 is 1.12 bits per heavy atom. The second-order valence-electron chi connectivity index (χ2n) is 7.33. The fourth-order valence-corrected chi connectivity index (χ4v) is 3.92. The third-order valence-corrected chi connectivity index (χ3v) is 5.56. The Balaban J connectivity index is 1.94. The van der Waals surface area contributed by atoms with Gasteiger partial charge in [-0.1, -0.05) is 35.4 Å². The van der Waals surface area contributed by atoms with E-state index in [9.17, 15) is 14.7 Å². The summed E-state index contributed by atoms with van der Waals surface area (Å²) in [5.41, 5.74) is 2.12. The summed E-state index contributed by atoms with van der Waals surface area (Å²) < 4.78 is 5.51. The van der Waals surface area contributed by atoms with Gasteiger partial charge in [-0.2, -0.15) is 0 Å². The standard InChI is InChI=1S/C25H21ClN2O4/c1-3-32-17-11-12-19(26)18(14-17)23(29)21-22(20-6-4-5-13-27-20)28(25(31)24(21)30)16-9-7-15(2)8-10-16/h4-14,22,29H,3H2,1-2H3/b23-21+. The highest BCUT2D eigenvalue weighted by molar-refractivity contribution is 6.52. The molecule has 1 fully saturated rings. The maximum atomic E-state index is 13.2. The molecule has 0 spiro atoms. The van der Waals surface area contributed by atoms with Gasteiger partial charge in [-0.05, 0) is 56.3 Å². The number of amides is 1. The number of anilines is 1. The monoisotopic (exact) mass is 448 g/mol. The highest BCUT2D eigenvalue weighted by Gasteiger charge is 2.47. The fourth-order valence-electron chi connectivity index (χ4n) is 3.71.